The minimum atomic E-state index is -0.488. The van der Waals surface area contributed by atoms with Crippen LogP contribution >= 0.6 is 23.1 Å². The first kappa shape index (κ1) is 20.0. The molecule has 1 aromatic carbocycles. The third-order valence-electron chi connectivity index (χ3n) is 4.61. The highest BCUT2D eigenvalue weighted by molar-refractivity contribution is 7.09. The Hall–Kier alpha value is -1.77. The Kier molecular flexibility index (Phi) is 6.98. The topological polar surface area (TPSA) is 62.6 Å². The summed E-state index contributed by atoms with van der Waals surface area (Å²) in [5, 5.41) is 3.31. The summed E-state index contributed by atoms with van der Waals surface area (Å²) in [6.45, 7) is 7.05. The third kappa shape index (κ3) is 5.85. The fourth-order valence-electron chi connectivity index (χ4n) is 3.00. The number of benzene rings is 1. The molecule has 1 aromatic heterocycles. The summed E-state index contributed by atoms with van der Waals surface area (Å²) in [6, 6.07) is 6.45. The molecule has 2 heterocycles. The second-order valence-electron chi connectivity index (χ2n) is 6.69. The van der Waals surface area contributed by atoms with Gasteiger partial charge < -0.3 is 15.1 Å². The molecule has 1 fully saturated rings. The van der Waals surface area contributed by atoms with Gasteiger partial charge in [-0.05, 0) is 24.6 Å². The summed E-state index contributed by atoms with van der Waals surface area (Å²) in [5.74, 6) is 0.425. The van der Waals surface area contributed by atoms with Gasteiger partial charge in [-0.2, -0.15) is 4.37 Å². The van der Waals surface area contributed by atoms with Gasteiger partial charge in [0.2, 0.25) is 11.0 Å². The first-order chi connectivity index (χ1) is 13.0. The molecule has 0 aliphatic carbocycles. The van der Waals surface area contributed by atoms with Crippen molar-refractivity contribution in [1.82, 2.24) is 14.7 Å². The first-order valence-corrected chi connectivity index (χ1v) is 10.3. The van der Waals surface area contributed by atoms with Gasteiger partial charge in [-0.15, -0.1) is 11.6 Å². The fourth-order valence-corrected chi connectivity index (χ4v) is 3.81. The second-order valence-corrected chi connectivity index (χ2v) is 8.08. The molecule has 1 aliphatic rings. The van der Waals surface area contributed by atoms with Crippen LogP contribution in [0.15, 0.2) is 24.3 Å². The zero-order chi connectivity index (χ0) is 19.2. The van der Waals surface area contributed by atoms with E-state index in [2.05, 4.69) is 19.6 Å². The van der Waals surface area contributed by atoms with Crippen LogP contribution in [0.1, 0.15) is 18.3 Å². The zero-order valence-electron chi connectivity index (χ0n) is 15.3. The molecule has 0 unspecified atom stereocenters. The quantitative estimate of drug-likeness (QED) is 0.658. The molecule has 9 heteroatoms. The molecule has 2 aromatic rings. The van der Waals surface area contributed by atoms with Crippen molar-refractivity contribution >= 4 is 34.2 Å². The van der Waals surface area contributed by atoms with E-state index in [1.807, 2.05) is 0 Å². The van der Waals surface area contributed by atoms with Crippen LogP contribution in [0, 0.1) is 5.82 Å². The van der Waals surface area contributed by atoms with Crippen LogP contribution in [0.3, 0.4) is 0 Å². The van der Waals surface area contributed by atoms with Gasteiger partial charge in [-0.3, -0.25) is 4.79 Å². The minimum absolute atomic E-state index is 0.114. The van der Waals surface area contributed by atoms with Gasteiger partial charge in [0.1, 0.15) is 17.0 Å². The summed E-state index contributed by atoms with van der Waals surface area (Å²) in [5.41, 5.74) is 1.00. The van der Waals surface area contributed by atoms with Crippen molar-refractivity contribution in [1.29, 1.82) is 0 Å². The number of rotatable bonds is 7. The van der Waals surface area contributed by atoms with Gasteiger partial charge >= 0.3 is 0 Å². The predicted octanol–water partition coefficient (Wildman–Crippen LogP) is 0.716. The highest BCUT2D eigenvalue weighted by Crippen LogP contribution is 2.19. The molecular weight excluding hydrogens is 389 g/mol. The Bertz CT molecular complexity index is 746. The maximum atomic E-state index is 13.0. The third-order valence-corrected chi connectivity index (χ3v) is 5.63. The number of alkyl halides is 1. The molecular formula is C18H24ClFN5OS+. The molecule has 27 heavy (non-hydrogen) atoms. The second kappa shape index (κ2) is 9.43. The maximum absolute atomic E-state index is 13.0. The lowest BCUT2D eigenvalue weighted by molar-refractivity contribution is -0.899. The zero-order valence-corrected chi connectivity index (χ0v) is 16.8. The van der Waals surface area contributed by atoms with E-state index >= 15 is 0 Å². The van der Waals surface area contributed by atoms with Gasteiger partial charge in [0.05, 0.1) is 39.3 Å². The van der Waals surface area contributed by atoms with Gasteiger partial charge in [0.25, 0.3) is 0 Å². The molecule has 1 atom stereocenters. The molecule has 6 nitrogen and oxygen atoms in total. The van der Waals surface area contributed by atoms with E-state index in [-0.39, 0.29) is 11.7 Å². The number of nitrogens with zero attached hydrogens (tertiary/aromatic N) is 3. The average molecular weight is 413 g/mol. The van der Waals surface area contributed by atoms with Gasteiger partial charge in [-0.1, -0.05) is 12.1 Å². The van der Waals surface area contributed by atoms with E-state index in [0.29, 0.717) is 13.0 Å². The molecule has 0 radical (unpaired) electrons. The number of halogens is 2. The van der Waals surface area contributed by atoms with Crippen LogP contribution in [-0.2, 0) is 11.2 Å². The number of hydrogen-bond donors (Lipinski definition) is 2. The smallest absolute Gasteiger partial charge is 0.237 e. The number of anilines is 1. The highest BCUT2D eigenvalue weighted by atomic mass is 35.5. The normalized spacial score (nSPS) is 16.3. The molecule has 1 saturated heterocycles. The van der Waals surface area contributed by atoms with Gasteiger partial charge in [0, 0.05) is 18.0 Å². The SMILES string of the molecule is C[C@@H](Cl)C(=O)NCC[NH+]1CCN(c2nc(Cc3ccc(F)cc3)ns2)CC1. The van der Waals surface area contributed by atoms with Crippen LogP contribution in [0.4, 0.5) is 9.52 Å². The monoisotopic (exact) mass is 412 g/mol. The van der Waals surface area contributed by atoms with Crippen molar-refractivity contribution in [3.05, 3.63) is 41.5 Å². The van der Waals surface area contributed by atoms with E-state index in [1.54, 1.807) is 19.1 Å². The fraction of sp³-hybridized carbons (Fsp3) is 0.500. The lowest BCUT2D eigenvalue weighted by Gasteiger charge is -2.31. The molecule has 0 bridgehead atoms. The van der Waals surface area contributed by atoms with Crippen molar-refractivity contribution in [3.63, 3.8) is 0 Å². The standard InChI is InChI=1S/C18H23ClFN5OS/c1-13(19)17(26)21-6-7-24-8-10-25(11-9-24)18-22-16(23-27-18)12-14-2-4-15(20)5-3-14/h2-5,13H,6-12H2,1H3,(H,21,26)/p+1/t13-/m1/s1. The highest BCUT2D eigenvalue weighted by Gasteiger charge is 2.22. The summed E-state index contributed by atoms with van der Waals surface area (Å²) < 4.78 is 17.4. The Morgan fingerprint density at radius 1 is 1.37 bits per heavy atom. The van der Waals surface area contributed by atoms with Crippen LogP contribution < -0.4 is 15.1 Å². The number of carbonyl (C=O) groups is 1. The molecule has 0 spiro atoms. The number of piperazine rings is 1. The van der Waals surface area contributed by atoms with Crippen LogP contribution in [-0.4, -0.2) is 59.9 Å². The molecule has 3 rings (SSSR count). The largest absolute Gasteiger partial charge is 0.349 e. The number of hydrogen-bond acceptors (Lipinski definition) is 5. The minimum Gasteiger partial charge on any atom is -0.349 e. The molecule has 0 saturated carbocycles. The summed E-state index contributed by atoms with van der Waals surface area (Å²) in [7, 11) is 0. The van der Waals surface area contributed by atoms with Crippen molar-refractivity contribution < 1.29 is 14.1 Å². The number of amides is 1. The Balaban J connectivity index is 1.44. The van der Waals surface area contributed by atoms with E-state index < -0.39 is 5.38 Å². The Labute approximate surface area is 167 Å². The number of nitrogens with one attached hydrogen (secondary N) is 2. The van der Waals surface area contributed by atoms with Gasteiger partial charge in [-0.25, -0.2) is 9.37 Å². The number of aromatic nitrogens is 2. The van der Waals surface area contributed by atoms with Crippen molar-refractivity contribution in [2.45, 2.75) is 18.7 Å². The summed E-state index contributed by atoms with van der Waals surface area (Å²) in [4.78, 5) is 19.8. The maximum Gasteiger partial charge on any atom is 0.237 e. The number of carbonyl (C=O) groups excluding carboxylic acids is 1. The van der Waals surface area contributed by atoms with E-state index in [4.69, 9.17) is 11.6 Å². The Morgan fingerprint density at radius 3 is 2.74 bits per heavy atom. The van der Waals surface area contributed by atoms with Crippen molar-refractivity contribution in [2.24, 2.45) is 0 Å². The van der Waals surface area contributed by atoms with E-state index in [9.17, 15) is 9.18 Å². The van der Waals surface area contributed by atoms with Crippen LogP contribution in [0.2, 0.25) is 0 Å². The van der Waals surface area contributed by atoms with Crippen LogP contribution in [0.25, 0.3) is 0 Å². The van der Waals surface area contributed by atoms with E-state index in [1.165, 1.54) is 28.6 Å². The lowest BCUT2D eigenvalue weighted by atomic mass is 10.1. The average Bonchev–Trinajstić information content (AvgIpc) is 3.12. The van der Waals surface area contributed by atoms with Crippen LogP contribution in [0.5, 0.6) is 0 Å². The molecule has 1 amide bonds. The molecule has 2 N–H and O–H groups in total. The molecule has 1 aliphatic heterocycles. The summed E-state index contributed by atoms with van der Waals surface area (Å²) >= 11 is 7.16. The first-order valence-electron chi connectivity index (χ1n) is 9.08. The van der Waals surface area contributed by atoms with Gasteiger partial charge in [0.15, 0.2) is 0 Å². The van der Waals surface area contributed by atoms with Crippen molar-refractivity contribution in [2.75, 3.05) is 44.2 Å². The lowest BCUT2D eigenvalue weighted by Crippen LogP contribution is -3.15. The van der Waals surface area contributed by atoms with E-state index in [0.717, 1.165) is 49.2 Å². The Morgan fingerprint density at radius 2 is 2.07 bits per heavy atom. The predicted molar refractivity (Wildman–Crippen MR) is 105 cm³/mol. The molecule has 146 valence electrons. The summed E-state index contributed by atoms with van der Waals surface area (Å²) in [6.07, 6.45) is 0.612. The van der Waals surface area contributed by atoms with Crippen molar-refractivity contribution in [3.8, 4) is 0 Å². The number of quaternary nitrogens is 1.